The van der Waals surface area contributed by atoms with E-state index < -0.39 is 0 Å². The van der Waals surface area contributed by atoms with E-state index in [1.807, 2.05) is 0 Å². The number of rotatable bonds is 5. The molecule has 0 radical (unpaired) electrons. The maximum atomic E-state index is 9.65. The van der Waals surface area contributed by atoms with Crippen LogP contribution >= 0.6 is 0 Å². The van der Waals surface area contributed by atoms with Crippen molar-refractivity contribution in [2.75, 3.05) is 19.6 Å². The molecule has 0 amide bonds. The summed E-state index contributed by atoms with van der Waals surface area (Å²) in [6, 6.07) is 11.7. The standard InChI is InChI=1S/C31H44N4O/c1-21(36)18-33-19-24(20-33)31-32-29-11-4-5-12-30(29)35(31)28-16-25-9-6-10-26(17-28)34(25)27-14-22-7-2-3-8-23(13-22)15-27/h4-5,11-12,22-28,36H,1-3,6-10,13-20H2/t22-,23+,25-,26+,27-,28+. The molecular formula is C31H44N4O. The van der Waals surface area contributed by atoms with Crippen LogP contribution in [0, 0.1) is 11.8 Å². The van der Waals surface area contributed by atoms with Crippen LogP contribution in [0.25, 0.3) is 11.0 Å². The van der Waals surface area contributed by atoms with Crippen LogP contribution in [0.2, 0.25) is 0 Å². The molecule has 194 valence electrons. The molecule has 5 fully saturated rings. The number of para-hydroxylation sites is 2. The van der Waals surface area contributed by atoms with Gasteiger partial charge >= 0.3 is 0 Å². The van der Waals surface area contributed by atoms with E-state index in [1.165, 1.54) is 88.4 Å². The van der Waals surface area contributed by atoms with Crippen molar-refractivity contribution in [3.63, 3.8) is 0 Å². The van der Waals surface area contributed by atoms with E-state index in [1.54, 1.807) is 0 Å². The number of fused-ring (bicyclic) bond motifs is 5. The van der Waals surface area contributed by atoms with E-state index in [4.69, 9.17) is 4.98 Å². The average Bonchev–Trinajstić information content (AvgIpc) is 3.12. The van der Waals surface area contributed by atoms with Crippen LogP contribution in [-0.2, 0) is 0 Å². The molecule has 3 aliphatic heterocycles. The Morgan fingerprint density at radius 1 is 0.833 bits per heavy atom. The lowest BCUT2D eigenvalue weighted by Gasteiger charge is -2.55. The van der Waals surface area contributed by atoms with Crippen molar-refractivity contribution in [1.29, 1.82) is 0 Å². The van der Waals surface area contributed by atoms with Crippen molar-refractivity contribution in [3.8, 4) is 0 Å². The summed E-state index contributed by atoms with van der Waals surface area (Å²) < 4.78 is 2.68. The molecule has 4 bridgehead atoms. The molecule has 5 heteroatoms. The monoisotopic (exact) mass is 488 g/mol. The maximum Gasteiger partial charge on any atom is 0.115 e. The highest BCUT2D eigenvalue weighted by atomic mass is 16.3. The quantitative estimate of drug-likeness (QED) is 0.493. The number of hydrogen-bond donors (Lipinski definition) is 1. The summed E-state index contributed by atoms with van der Waals surface area (Å²) in [4.78, 5) is 10.6. The van der Waals surface area contributed by atoms with Gasteiger partial charge in [0.05, 0.1) is 23.3 Å². The zero-order chi connectivity index (χ0) is 24.2. The van der Waals surface area contributed by atoms with Gasteiger partial charge in [-0.1, -0.05) is 50.8 Å². The van der Waals surface area contributed by atoms with Crippen LogP contribution in [0.15, 0.2) is 36.6 Å². The maximum absolute atomic E-state index is 9.65. The van der Waals surface area contributed by atoms with Gasteiger partial charge in [-0.05, 0) is 68.9 Å². The predicted octanol–water partition coefficient (Wildman–Crippen LogP) is 6.42. The van der Waals surface area contributed by atoms with E-state index in [-0.39, 0.29) is 5.76 Å². The minimum Gasteiger partial charge on any atom is -0.512 e. The first-order chi connectivity index (χ1) is 17.6. The van der Waals surface area contributed by atoms with Gasteiger partial charge in [0, 0.05) is 43.2 Å². The molecule has 2 aromatic rings. The van der Waals surface area contributed by atoms with Crippen LogP contribution in [0.1, 0.15) is 94.8 Å². The Labute approximate surface area is 216 Å². The van der Waals surface area contributed by atoms with E-state index in [9.17, 15) is 5.11 Å². The molecule has 3 saturated heterocycles. The van der Waals surface area contributed by atoms with Gasteiger partial charge in [-0.15, -0.1) is 0 Å². The first-order valence-electron chi connectivity index (χ1n) is 15.0. The van der Waals surface area contributed by atoms with Crippen molar-refractivity contribution >= 4 is 11.0 Å². The molecule has 2 aliphatic carbocycles. The number of aliphatic hydroxyl groups is 1. The number of likely N-dealkylation sites (tertiary alicyclic amines) is 1. The lowest BCUT2D eigenvalue weighted by molar-refractivity contribution is -0.0424. The van der Waals surface area contributed by atoms with Crippen LogP contribution in [-0.4, -0.2) is 62.2 Å². The van der Waals surface area contributed by atoms with Crippen molar-refractivity contribution in [1.82, 2.24) is 19.4 Å². The van der Waals surface area contributed by atoms with Gasteiger partial charge in [0.25, 0.3) is 0 Å². The molecule has 4 heterocycles. The summed E-state index contributed by atoms with van der Waals surface area (Å²) in [7, 11) is 0. The Kier molecular flexibility index (Phi) is 6.12. The Bertz CT molecular complexity index is 1080. The first-order valence-corrected chi connectivity index (χ1v) is 15.0. The van der Waals surface area contributed by atoms with E-state index in [2.05, 4.69) is 45.2 Å². The van der Waals surface area contributed by atoms with Crippen LogP contribution in [0.4, 0.5) is 0 Å². The van der Waals surface area contributed by atoms with Gasteiger partial charge in [0.15, 0.2) is 0 Å². The minimum absolute atomic E-state index is 0.268. The van der Waals surface area contributed by atoms with Crippen molar-refractivity contribution in [3.05, 3.63) is 42.4 Å². The SMILES string of the molecule is C=C(O)CN1CC(c2nc3ccccc3n2[C@H]2C[C@H]3CCC[C@@H](C2)N3[C@@H]2C[C@@H]3CCCC[C@@H](C3)C2)C1. The fraction of sp³-hybridized carbons (Fsp3) is 0.710. The van der Waals surface area contributed by atoms with Gasteiger partial charge in [-0.25, -0.2) is 4.98 Å². The summed E-state index contributed by atoms with van der Waals surface area (Å²) in [5.74, 6) is 4.00. The second-order valence-corrected chi connectivity index (χ2v) is 13.0. The van der Waals surface area contributed by atoms with Crippen LogP contribution in [0.5, 0.6) is 0 Å². The lowest BCUT2D eigenvalue weighted by Crippen LogP contribution is -2.58. The van der Waals surface area contributed by atoms with Gasteiger partial charge < -0.3 is 9.67 Å². The van der Waals surface area contributed by atoms with E-state index in [0.717, 1.165) is 48.6 Å². The summed E-state index contributed by atoms with van der Waals surface area (Å²) in [5.41, 5.74) is 2.49. The number of benzene rings is 1. The fourth-order valence-electron chi connectivity index (χ4n) is 9.16. The third kappa shape index (κ3) is 4.20. The predicted molar refractivity (Wildman–Crippen MR) is 145 cm³/mol. The topological polar surface area (TPSA) is 44.5 Å². The fourth-order valence-corrected chi connectivity index (χ4v) is 9.16. The number of aliphatic hydroxyl groups excluding tert-OH is 1. The number of hydrogen-bond acceptors (Lipinski definition) is 4. The smallest absolute Gasteiger partial charge is 0.115 e. The molecule has 1 aromatic carbocycles. The van der Waals surface area contributed by atoms with Crippen LogP contribution in [0.3, 0.4) is 0 Å². The molecule has 36 heavy (non-hydrogen) atoms. The molecule has 0 unspecified atom stereocenters. The zero-order valence-electron chi connectivity index (χ0n) is 21.9. The summed E-state index contributed by atoms with van der Waals surface area (Å²) in [6.45, 7) is 6.22. The average molecular weight is 489 g/mol. The number of aromatic nitrogens is 2. The Morgan fingerprint density at radius 3 is 2.22 bits per heavy atom. The highest BCUT2D eigenvalue weighted by Crippen LogP contribution is 2.48. The third-order valence-corrected chi connectivity index (χ3v) is 10.5. The summed E-state index contributed by atoms with van der Waals surface area (Å²) >= 11 is 0. The number of nitrogens with zero attached hydrogens (tertiary/aromatic N) is 4. The van der Waals surface area contributed by atoms with Crippen molar-refractivity contribution < 1.29 is 5.11 Å². The molecular weight excluding hydrogens is 444 g/mol. The molecule has 1 N–H and O–H groups in total. The Morgan fingerprint density at radius 2 is 1.53 bits per heavy atom. The molecule has 1 aromatic heterocycles. The zero-order valence-corrected chi connectivity index (χ0v) is 21.9. The van der Waals surface area contributed by atoms with Crippen molar-refractivity contribution in [2.24, 2.45) is 11.8 Å². The Balaban J connectivity index is 1.15. The molecule has 5 aliphatic rings. The largest absolute Gasteiger partial charge is 0.512 e. The first kappa shape index (κ1) is 23.3. The summed E-state index contributed by atoms with van der Waals surface area (Å²) in [6.07, 6.45) is 17.2. The lowest BCUT2D eigenvalue weighted by atomic mass is 9.73. The van der Waals surface area contributed by atoms with Crippen LogP contribution < -0.4 is 0 Å². The molecule has 6 atom stereocenters. The van der Waals surface area contributed by atoms with Gasteiger partial charge in [0.2, 0.25) is 0 Å². The second kappa shape index (κ2) is 9.47. The minimum atomic E-state index is 0.268. The number of imidazole rings is 1. The van der Waals surface area contributed by atoms with E-state index >= 15 is 0 Å². The second-order valence-electron chi connectivity index (χ2n) is 13.0. The van der Waals surface area contributed by atoms with Gasteiger partial charge in [-0.3, -0.25) is 9.80 Å². The van der Waals surface area contributed by atoms with Gasteiger partial charge in [0.1, 0.15) is 5.82 Å². The number of piperidine rings is 2. The molecule has 2 saturated carbocycles. The normalized spacial score (nSPS) is 35.9. The molecule has 7 rings (SSSR count). The van der Waals surface area contributed by atoms with E-state index in [0.29, 0.717) is 18.5 Å². The molecule has 5 nitrogen and oxygen atoms in total. The highest BCUT2D eigenvalue weighted by molar-refractivity contribution is 5.76. The Hall–Kier alpha value is -1.85. The van der Waals surface area contributed by atoms with Crippen molar-refractivity contribution in [2.45, 2.75) is 107 Å². The third-order valence-electron chi connectivity index (χ3n) is 10.5. The molecule has 0 spiro atoms. The van der Waals surface area contributed by atoms with Gasteiger partial charge in [-0.2, -0.15) is 0 Å². The highest BCUT2D eigenvalue weighted by Gasteiger charge is 2.46. The summed E-state index contributed by atoms with van der Waals surface area (Å²) in [5, 5.41) is 9.65.